The minimum absolute atomic E-state index is 0.0638. The molecule has 138 valence electrons. The monoisotopic (exact) mass is 361 g/mol. The summed E-state index contributed by atoms with van der Waals surface area (Å²) < 4.78 is 0. The smallest absolute Gasteiger partial charge is 0.279 e. The third-order valence-electron chi connectivity index (χ3n) is 5.12. The van der Waals surface area contributed by atoms with E-state index in [1.807, 2.05) is 43.3 Å². The number of hydrogen-bond donors (Lipinski definition) is 2. The van der Waals surface area contributed by atoms with E-state index in [0.717, 1.165) is 48.5 Å². The Kier molecular flexibility index (Phi) is 5.03. The predicted octanol–water partition coefficient (Wildman–Crippen LogP) is 1.89. The quantitative estimate of drug-likeness (QED) is 0.746. The van der Waals surface area contributed by atoms with Gasteiger partial charge < -0.3 is 15.1 Å². The number of nitrogens with zero attached hydrogens (tertiary/aromatic N) is 2. The number of carbonyl (C=O) groups excluding carboxylic acids is 1. The van der Waals surface area contributed by atoms with Crippen molar-refractivity contribution in [1.82, 2.24) is 4.98 Å². The molecule has 1 amide bonds. The maximum Gasteiger partial charge on any atom is 0.279 e. The van der Waals surface area contributed by atoms with Crippen LogP contribution in [0.5, 0.6) is 0 Å². The molecule has 0 unspecified atom stereocenters. The molecule has 1 aliphatic heterocycles. The number of para-hydroxylation sites is 2. The van der Waals surface area contributed by atoms with E-state index in [0.29, 0.717) is 6.54 Å². The number of anilines is 2. The highest BCUT2D eigenvalue weighted by atomic mass is 16.2. The van der Waals surface area contributed by atoms with Gasteiger partial charge in [-0.3, -0.25) is 9.78 Å². The number of hydrogen-bond acceptors (Lipinski definition) is 3. The molecule has 5 nitrogen and oxygen atoms in total. The zero-order valence-electron chi connectivity index (χ0n) is 15.6. The van der Waals surface area contributed by atoms with Crippen molar-refractivity contribution < 1.29 is 9.69 Å². The van der Waals surface area contributed by atoms with Crippen LogP contribution in [0.2, 0.25) is 0 Å². The Labute approximate surface area is 159 Å². The molecule has 2 N–H and O–H groups in total. The van der Waals surface area contributed by atoms with Crippen molar-refractivity contribution in [3.05, 3.63) is 66.4 Å². The van der Waals surface area contributed by atoms with Crippen molar-refractivity contribution in [2.75, 3.05) is 42.9 Å². The summed E-state index contributed by atoms with van der Waals surface area (Å²) in [6.45, 7) is 6.35. The van der Waals surface area contributed by atoms with E-state index in [2.05, 4.69) is 39.5 Å². The molecule has 1 saturated heterocycles. The Hall–Kier alpha value is -2.92. The van der Waals surface area contributed by atoms with Gasteiger partial charge in [0.25, 0.3) is 5.91 Å². The number of nitrogens with one attached hydrogen (secondary N) is 2. The molecular weight excluding hydrogens is 336 g/mol. The molecule has 2 aromatic carbocycles. The van der Waals surface area contributed by atoms with E-state index in [1.54, 1.807) is 0 Å². The van der Waals surface area contributed by atoms with Gasteiger partial charge in [0.2, 0.25) is 0 Å². The van der Waals surface area contributed by atoms with Crippen LogP contribution >= 0.6 is 0 Å². The Balaban J connectivity index is 1.37. The second-order valence-electron chi connectivity index (χ2n) is 7.13. The second kappa shape index (κ2) is 7.76. The maximum atomic E-state index is 12.6. The fourth-order valence-electron chi connectivity index (χ4n) is 3.73. The van der Waals surface area contributed by atoms with Gasteiger partial charge in [-0.2, -0.15) is 0 Å². The van der Waals surface area contributed by atoms with Crippen LogP contribution in [0.15, 0.2) is 60.7 Å². The normalized spacial score (nSPS) is 15.1. The van der Waals surface area contributed by atoms with Crippen molar-refractivity contribution in [3.8, 4) is 0 Å². The summed E-state index contributed by atoms with van der Waals surface area (Å²) in [6, 6.07) is 20.4. The van der Waals surface area contributed by atoms with E-state index in [9.17, 15) is 4.79 Å². The molecule has 2 heterocycles. The minimum atomic E-state index is 0.0638. The Morgan fingerprint density at radius 2 is 1.78 bits per heavy atom. The van der Waals surface area contributed by atoms with Crippen molar-refractivity contribution in [2.45, 2.75) is 6.92 Å². The van der Waals surface area contributed by atoms with E-state index in [-0.39, 0.29) is 5.91 Å². The van der Waals surface area contributed by atoms with Gasteiger partial charge in [-0.25, -0.2) is 0 Å². The Morgan fingerprint density at radius 3 is 2.56 bits per heavy atom. The standard InChI is InChI=1S/C22H24N4O/c1-17-15-21(19-9-5-6-10-20(19)23-17)24-22(27)16-25-11-13-26(14-12-25)18-7-3-2-4-8-18/h2-10,15H,11-14,16H2,1H3,(H,23,24,27)/p+1. The van der Waals surface area contributed by atoms with Crippen molar-refractivity contribution in [1.29, 1.82) is 0 Å². The SMILES string of the molecule is Cc1cc(NC(=O)C[NH+]2CCN(c3ccccc3)CC2)c2ccccc2n1. The number of amides is 1. The summed E-state index contributed by atoms with van der Waals surface area (Å²) in [7, 11) is 0. The first-order valence-electron chi connectivity index (χ1n) is 9.49. The number of pyridine rings is 1. The number of piperazine rings is 1. The third kappa shape index (κ3) is 4.09. The van der Waals surface area contributed by atoms with Gasteiger partial charge in [-0.05, 0) is 31.2 Å². The van der Waals surface area contributed by atoms with Crippen molar-refractivity contribution in [2.24, 2.45) is 0 Å². The summed E-state index contributed by atoms with van der Waals surface area (Å²) >= 11 is 0. The van der Waals surface area contributed by atoms with Crippen LogP contribution in [-0.4, -0.2) is 43.6 Å². The van der Waals surface area contributed by atoms with Crippen LogP contribution in [-0.2, 0) is 4.79 Å². The van der Waals surface area contributed by atoms with E-state index < -0.39 is 0 Å². The molecular formula is C22H25N4O+. The van der Waals surface area contributed by atoms with Crippen molar-refractivity contribution in [3.63, 3.8) is 0 Å². The lowest BCUT2D eigenvalue weighted by molar-refractivity contribution is -0.892. The first-order chi connectivity index (χ1) is 13.2. The van der Waals surface area contributed by atoms with Crippen LogP contribution < -0.4 is 15.1 Å². The first-order valence-corrected chi connectivity index (χ1v) is 9.49. The van der Waals surface area contributed by atoms with Gasteiger partial charge in [-0.1, -0.05) is 36.4 Å². The topological polar surface area (TPSA) is 49.7 Å². The lowest BCUT2D eigenvalue weighted by Crippen LogP contribution is -3.15. The van der Waals surface area contributed by atoms with E-state index in [4.69, 9.17) is 0 Å². The van der Waals surface area contributed by atoms with Gasteiger partial charge in [0.05, 0.1) is 37.4 Å². The van der Waals surface area contributed by atoms with Crippen LogP contribution in [0.1, 0.15) is 5.69 Å². The summed E-state index contributed by atoms with van der Waals surface area (Å²) in [5.74, 6) is 0.0638. The molecule has 3 aromatic rings. The number of rotatable bonds is 4. The number of aryl methyl sites for hydroxylation is 1. The highest BCUT2D eigenvalue weighted by Crippen LogP contribution is 2.22. The fourth-order valence-corrected chi connectivity index (χ4v) is 3.73. The number of fused-ring (bicyclic) bond motifs is 1. The highest BCUT2D eigenvalue weighted by molar-refractivity contribution is 6.01. The Bertz CT molecular complexity index is 933. The van der Waals surface area contributed by atoms with E-state index >= 15 is 0 Å². The fraction of sp³-hybridized carbons (Fsp3) is 0.273. The van der Waals surface area contributed by atoms with Crippen LogP contribution in [0.25, 0.3) is 10.9 Å². The van der Waals surface area contributed by atoms with Gasteiger partial charge in [-0.15, -0.1) is 0 Å². The summed E-state index contributed by atoms with van der Waals surface area (Å²) in [5, 5.41) is 4.09. The zero-order valence-corrected chi connectivity index (χ0v) is 15.6. The van der Waals surface area contributed by atoms with Gasteiger partial charge in [0.1, 0.15) is 0 Å². The predicted molar refractivity (Wildman–Crippen MR) is 109 cm³/mol. The van der Waals surface area contributed by atoms with Gasteiger partial charge in [0, 0.05) is 16.8 Å². The molecule has 1 fully saturated rings. The summed E-state index contributed by atoms with van der Waals surface area (Å²) in [5.41, 5.74) is 3.94. The molecule has 0 saturated carbocycles. The summed E-state index contributed by atoms with van der Waals surface area (Å²) in [4.78, 5) is 20.9. The zero-order chi connectivity index (χ0) is 18.6. The van der Waals surface area contributed by atoms with Gasteiger partial charge in [0.15, 0.2) is 6.54 Å². The average molecular weight is 361 g/mol. The molecule has 0 atom stereocenters. The van der Waals surface area contributed by atoms with Crippen LogP contribution in [0.4, 0.5) is 11.4 Å². The molecule has 0 aliphatic carbocycles. The molecule has 0 spiro atoms. The maximum absolute atomic E-state index is 12.6. The lowest BCUT2D eigenvalue weighted by atomic mass is 10.1. The molecule has 4 rings (SSSR count). The first kappa shape index (κ1) is 17.5. The third-order valence-corrected chi connectivity index (χ3v) is 5.12. The average Bonchev–Trinajstić information content (AvgIpc) is 2.69. The molecule has 0 radical (unpaired) electrons. The van der Waals surface area contributed by atoms with Crippen LogP contribution in [0, 0.1) is 6.92 Å². The minimum Gasteiger partial charge on any atom is -0.360 e. The molecule has 27 heavy (non-hydrogen) atoms. The molecule has 1 aliphatic rings. The van der Waals surface area contributed by atoms with Crippen LogP contribution in [0.3, 0.4) is 0 Å². The Morgan fingerprint density at radius 1 is 1.07 bits per heavy atom. The number of quaternary nitrogens is 1. The molecule has 1 aromatic heterocycles. The second-order valence-corrected chi connectivity index (χ2v) is 7.13. The molecule has 5 heteroatoms. The lowest BCUT2D eigenvalue weighted by Gasteiger charge is -2.33. The van der Waals surface area contributed by atoms with E-state index in [1.165, 1.54) is 10.6 Å². The molecule has 0 bridgehead atoms. The van der Waals surface area contributed by atoms with Gasteiger partial charge >= 0.3 is 0 Å². The number of aromatic nitrogens is 1. The largest absolute Gasteiger partial charge is 0.360 e. The van der Waals surface area contributed by atoms with Crippen molar-refractivity contribution >= 4 is 28.2 Å². The highest BCUT2D eigenvalue weighted by Gasteiger charge is 2.22. The number of carbonyl (C=O) groups is 1. The number of benzene rings is 2. The summed E-state index contributed by atoms with van der Waals surface area (Å²) in [6.07, 6.45) is 0.